The second-order valence-corrected chi connectivity index (χ2v) is 7.94. The van der Waals surface area contributed by atoms with E-state index in [0.29, 0.717) is 23.2 Å². The Morgan fingerprint density at radius 1 is 1.17 bits per heavy atom. The van der Waals surface area contributed by atoms with Gasteiger partial charge in [-0.1, -0.05) is 44.1 Å². The smallest absolute Gasteiger partial charge is 0.265 e. The van der Waals surface area contributed by atoms with E-state index in [4.69, 9.17) is 14.0 Å². The molecule has 0 atom stereocenters. The highest BCUT2D eigenvalue weighted by atomic mass is 16.5. The summed E-state index contributed by atoms with van der Waals surface area (Å²) in [6.45, 7) is 6.55. The summed E-state index contributed by atoms with van der Waals surface area (Å²) < 4.78 is 16.3. The number of anilines is 1. The van der Waals surface area contributed by atoms with Gasteiger partial charge < -0.3 is 14.0 Å². The summed E-state index contributed by atoms with van der Waals surface area (Å²) in [6, 6.07) is 13.3. The molecule has 1 aliphatic heterocycles. The second-order valence-electron chi connectivity index (χ2n) is 7.94. The number of amides is 1. The number of methoxy groups -OCH3 is 1. The quantitative estimate of drug-likeness (QED) is 0.667. The van der Waals surface area contributed by atoms with Gasteiger partial charge in [0.2, 0.25) is 11.7 Å². The highest BCUT2D eigenvalue weighted by molar-refractivity contribution is 5.97. The average Bonchev–Trinajstić information content (AvgIpc) is 3.18. The Kier molecular flexibility index (Phi) is 4.74. The summed E-state index contributed by atoms with van der Waals surface area (Å²) >= 11 is 0. The van der Waals surface area contributed by atoms with Crippen LogP contribution < -0.4 is 14.4 Å². The van der Waals surface area contributed by atoms with E-state index in [1.807, 2.05) is 42.5 Å². The van der Waals surface area contributed by atoms with Crippen molar-refractivity contribution in [2.75, 3.05) is 18.6 Å². The molecule has 0 aliphatic carbocycles. The van der Waals surface area contributed by atoms with Crippen LogP contribution in [0.3, 0.4) is 0 Å². The summed E-state index contributed by atoms with van der Waals surface area (Å²) in [5, 5.41) is 4.05. The van der Waals surface area contributed by atoms with Crippen LogP contribution in [0.2, 0.25) is 0 Å². The molecule has 1 amide bonds. The minimum atomic E-state index is -0.148. The van der Waals surface area contributed by atoms with Gasteiger partial charge in [-0.25, -0.2) is 0 Å². The van der Waals surface area contributed by atoms with Crippen LogP contribution in [0.15, 0.2) is 47.0 Å². The van der Waals surface area contributed by atoms with E-state index < -0.39 is 0 Å². The summed E-state index contributed by atoms with van der Waals surface area (Å²) in [6.07, 6.45) is 0. The van der Waals surface area contributed by atoms with Gasteiger partial charge in [0.15, 0.2) is 6.61 Å². The lowest BCUT2D eigenvalue weighted by Gasteiger charge is -2.30. The number of benzene rings is 2. The summed E-state index contributed by atoms with van der Waals surface area (Å²) in [4.78, 5) is 18.7. The van der Waals surface area contributed by atoms with Gasteiger partial charge in [0, 0.05) is 5.56 Å². The predicted octanol–water partition coefficient (Wildman–Crippen LogP) is 3.97. The Morgan fingerprint density at radius 3 is 2.76 bits per heavy atom. The second kappa shape index (κ2) is 7.24. The molecule has 29 heavy (non-hydrogen) atoms. The van der Waals surface area contributed by atoms with Gasteiger partial charge in [-0.2, -0.15) is 4.98 Å². The topological polar surface area (TPSA) is 77.7 Å². The molecular weight excluding hydrogens is 370 g/mol. The van der Waals surface area contributed by atoms with E-state index in [-0.39, 0.29) is 24.5 Å². The summed E-state index contributed by atoms with van der Waals surface area (Å²) in [7, 11) is 1.61. The number of carbonyl (C=O) groups is 1. The lowest BCUT2D eigenvalue weighted by Crippen LogP contribution is -2.38. The van der Waals surface area contributed by atoms with Gasteiger partial charge >= 0.3 is 0 Å². The molecule has 0 unspecified atom stereocenters. The zero-order valence-corrected chi connectivity index (χ0v) is 16.9. The first-order chi connectivity index (χ1) is 13.8. The molecule has 0 bridgehead atoms. The van der Waals surface area contributed by atoms with Crippen molar-refractivity contribution in [1.29, 1.82) is 0 Å². The van der Waals surface area contributed by atoms with Crippen LogP contribution in [-0.4, -0.2) is 29.8 Å². The fraction of sp³-hybridized carbons (Fsp3) is 0.318. The minimum absolute atomic E-state index is 0.0151. The molecule has 1 aromatic heterocycles. The molecule has 0 fully saturated rings. The molecule has 2 aromatic carbocycles. The Bertz CT molecular complexity index is 1050. The van der Waals surface area contributed by atoms with E-state index in [9.17, 15) is 4.79 Å². The van der Waals surface area contributed by atoms with Crippen molar-refractivity contribution in [3.63, 3.8) is 0 Å². The zero-order valence-electron chi connectivity index (χ0n) is 16.9. The van der Waals surface area contributed by atoms with Crippen molar-refractivity contribution in [3.8, 4) is 22.9 Å². The number of ether oxygens (including phenoxy) is 2. The Hall–Kier alpha value is -3.35. The monoisotopic (exact) mass is 393 g/mol. The molecule has 0 saturated heterocycles. The third-order valence-corrected chi connectivity index (χ3v) is 4.86. The highest BCUT2D eigenvalue weighted by Crippen LogP contribution is 2.37. The molecule has 7 heteroatoms. The number of nitrogens with zero attached hydrogens (tertiary/aromatic N) is 3. The number of hydrogen-bond donors (Lipinski definition) is 0. The van der Waals surface area contributed by atoms with Gasteiger partial charge in [0.05, 0.1) is 12.8 Å². The average molecular weight is 393 g/mol. The van der Waals surface area contributed by atoms with E-state index in [2.05, 4.69) is 30.9 Å². The third kappa shape index (κ3) is 3.81. The Labute approximate surface area is 169 Å². The van der Waals surface area contributed by atoms with Gasteiger partial charge in [-0.05, 0) is 35.2 Å². The van der Waals surface area contributed by atoms with E-state index in [1.54, 1.807) is 12.0 Å². The lowest BCUT2D eigenvalue weighted by atomic mass is 9.86. The zero-order chi connectivity index (χ0) is 20.6. The van der Waals surface area contributed by atoms with Crippen molar-refractivity contribution >= 4 is 11.6 Å². The van der Waals surface area contributed by atoms with Crippen LogP contribution >= 0.6 is 0 Å². The molecule has 0 radical (unpaired) electrons. The third-order valence-electron chi connectivity index (χ3n) is 4.86. The number of aromatic nitrogens is 2. The van der Waals surface area contributed by atoms with Crippen molar-refractivity contribution in [2.24, 2.45) is 0 Å². The maximum Gasteiger partial charge on any atom is 0.265 e. The van der Waals surface area contributed by atoms with E-state index >= 15 is 0 Å². The van der Waals surface area contributed by atoms with Crippen LogP contribution in [0.5, 0.6) is 11.5 Å². The van der Waals surface area contributed by atoms with Gasteiger partial charge in [0.1, 0.15) is 18.0 Å². The number of hydrogen-bond acceptors (Lipinski definition) is 6. The SMILES string of the molecule is COc1cccc(-c2noc(CN3C(=O)COc4ccc(C(C)(C)C)cc43)n2)c1. The van der Waals surface area contributed by atoms with Crippen molar-refractivity contribution in [3.05, 3.63) is 53.9 Å². The maximum atomic E-state index is 12.6. The van der Waals surface area contributed by atoms with Gasteiger partial charge in [-0.3, -0.25) is 9.69 Å². The largest absolute Gasteiger partial charge is 0.497 e. The summed E-state index contributed by atoms with van der Waals surface area (Å²) in [5.74, 6) is 2.03. The maximum absolute atomic E-state index is 12.6. The normalized spacial score (nSPS) is 13.8. The molecule has 150 valence electrons. The standard InChI is InChI=1S/C22H23N3O4/c1-22(2,3)15-8-9-18-17(11-15)25(20(26)13-28-18)12-19-23-21(24-29-19)14-6-5-7-16(10-14)27-4/h5-11H,12-13H2,1-4H3. The molecule has 3 aromatic rings. The van der Waals surface area contributed by atoms with Crippen molar-refractivity contribution in [2.45, 2.75) is 32.7 Å². The highest BCUT2D eigenvalue weighted by Gasteiger charge is 2.29. The van der Waals surface area contributed by atoms with Crippen LogP contribution in [-0.2, 0) is 16.8 Å². The lowest BCUT2D eigenvalue weighted by molar-refractivity contribution is -0.121. The minimum Gasteiger partial charge on any atom is -0.497 e. The van der Waals surface area contributed by atoms with Crippen LogP contribution in [0.25, 0.3) is 11.4 Å². The van der Waals surface area contributed by atoms with Gasteiger partial charge in [-0.15, -0.1) is 0 Å². The molecule has 0 N–H and O–H groups in total. The first-order valence-electron chi connectivity index (χ1n) is 9.40. The van der Waals surface area contributed by atoms with Gasteiger partial charge in [0.25, 0.3) is 5.91 Å². The summed E-state index contributed by atoms with van der Waals surface area (Å²) in [5.41, 5.74) is 2.56. The first-order valence-corrected chi connectivity index (χ1v) is 9.40. The van der Waals surface area contributed by atoms with Crippen molar-refractivity contribution < 1.29 is 18.8 Å². The van der Waals surface area contributed by atoms with Crippen LogP contribution in [0.4, 0.5) is 5.69 Å². The first kappa shape index (κ1) is 19.0. The van der Waals surface area contributed by atoms with Crippen LogP contribution in [0.1, 0.15) is 32.2 Å². The number of carbonyl (C=O) groups excluding carboxylic acids is 1. The molecule has 2 heterocycles. The number of fused-ring (bicyclic) bond motifs is 1. The fourth-order valence-corrected chi connectivity index (χ4v) is 3.18. The van der Waals surface area contributed by atoms with Crippen molar-refractivity contribution in [1.82, 2.24) is 10.1 Å². The van der Waals surface area contributed by atoms with E-state index in [1.165, 1.54) is 0 Å². The molecular formula is C22H23N3O4. The molecule has 0 spiro atoms. The predicted molar refractivity (Wildman–Crippen MR) is 108 cm³/mol. The molecule has 7 nitrogen and oxygen atoms in total. The van der Waals surface area contributed by atoms with Crippen LogP contribution in [0, 0.1) is 0 Å². The fourth-order valence-electron chi connectivity index (χ4n) is 3.18. The molecule has 1 aliphatic rings. The number of rotatable bonds is 4. The Balaban J connectivity index is 1.63. The molecule has 0 saturated carbocycles. The molecule has 4 rings (SSSR count). The van der Waals surface area contributed by atoms with E-state index in [0.717, 1.165) is 16.8 Å². The Morgan fingerprint density at radius 2 is 2.00 bits per heavy atom.